The molecule has 0 radical (unpaired) electrons. The highest BCUT2D eigenvalue weighted by Gasteiger charge is 2.09. The predicted molar refractivity (Wildman–Crippen MR) is 85.2 cm³/mol. The zero-order valence-corrected chi connectivity index (χ0v) is 13.0. The van der Waals surface area contributed by atoms with Crippen molar-refractivity contribution >= 4 is 39.8 Å². The molecule has 7 heteroatoms. The van der Waals surface area contributed by atoms with Crippen molar-refractivity contribution in [2.24, 2.45) is 0 Å². The largest absolute Gasteiger partial charge is 0.326 e. The monoisotopic (exact) mass is 317 g/mol. The van der Waals surface area contributed by atoms with Gasteiger partial charge in [0.1, 0.15) is 0 Å². The van der Waals surface area contributed by atoms with Crippen LogP contribution >= 0.6 is 11.3 Å². The van der Waals surface area contributed by atoms with Crippen molar-refractivity contribution in [1.82, 2.24) is 4.98 Å². The maximum atomic E-state index is 12.0. The second-order valence-electron chi connectivity index (χ2n) is 4.69. The van der Waals surface area contributed by atoms with E-state index in [0.29, 0.717) is 22.1 Å². The van der Waals surface area contributed by atoms with E-state index in [-0.39, 0.29) is 24.0 Å². The Hall–Kier alpha value is -2.54. The molecule has 6 nitrogen and oxygen atoms in total. The summed E-state index contributed by atoms with van der Waals surface area (Å²) in [7, 11) is 0. The van der Waals surface area contributed by atoms with Crippen LogP contribution in [-0.4, -0.2) is 22.6 Å². The molecule has 0 aliphatic carbocycles. The number of nitrogens with one attached hydrogen (secondary N) is 2. The van der Waals surface area contributed by atoms with Crippen LogP contribution in [0, 0.1) is 0 Å². The highest BCUT2D eigenvalue weighted by atomic mass is 32.1. The van der Waals surface area contributed by atoms with Crippen molar-refractivity contribution in [1.29, 1.82) is 0 Å². The van der Waals surface area contributed by atoms with E-state index >= 15 is 0 Å². The quantitative estimate of drug-likeness (QED) is 0.829. The summed E-state index contributed by atoms with van der Waals surface area (Å²) < 4.78 is 0. The third kappa shape index (κ3) is 4.49. The van der Waals surface area contributed by atoms with Crippen LogP contribution in [0.2, 0.25) is 0 Å². The second kappa shape index (κ2) is 6.95. The summed E-state index contributed by atoms with van der Waals surface area (Å²) in [5.74, 6) is -0.498. The molecule has 114 valence electrons. The Morgan fingerprint density at radius 3 is 2.64 bits per heavy atom. The van der Waals surface area contributed by atoms with Crippen LogP contribution in [0.15, 0.2) is 29.6 Å². The van der Waals surface area contributed by atoms with Crippen molar-refractivity contribution < 1.29 is 14.4 Å². The first-order chi connectivity index (χ1) is 10.4. The highest BCUT2D eigenvalue weighted by molar-refractivity contribution is 7.13. The number of amides is 2. The number of benzene rings is 1. The molecule has 0 fully saturated rings. The van der Waals surface area contributed by atoms with Gasteiger partial charge < -0.3 is 10.6 Å². The molecular formula is C15H15N3O3S. The Balaban J connectivity index is 1.98. The van der Waals surface area contributed by atoms with Crippen LogP contribution in [0.5, 0.6) is 0 Å². The molecule has 0 saturated heterocycles. The van der Waals surface area contributed by atoms with E-state index in [9.17, 15) is 14.4 Å². The van der Waals surface area contributed by atoms with Crippen LogP contribution in [0.4, 0.5) is 10.8 Å². The van der Waals surface area contributed by atoms with Gasteiger partial charge >= 0.3 is 0 Å². The number of Topliss-reactive ketones (excluding diaryl/α,β-unsaturated/α-hetero) is 1. The van der Waals surface area contributed by atoms with Gasteiger partial charge in [0.25, 0.3) is 0 Å². The van der Waals surface area contributed by atoms with Crippen molar-refractivity contribution in [2.45, 2.75) is 20.3 Å². The molecule has 0 unspecified atom stereocenters. The van der Waals surface area contributed by atoms with E-state index in [2.05, 4.69) is 15.6 Å². The highest BCUT2D eigenvalue weighted by Crippen LogP contribution is 2.16. The number of anilines is 2. The number of hydrogen-bond acceptors (Lipinski definition) is 5. The number of thiazole rings is 1. The second-order valence-corrected chi connectivity index (χ2v) is 5.55. The van der Waals surface area contributed by atoms with E-state index < -0.39 is 0 Å². The number of ketones is 1. The molecule has 0 atom stereocenters. The first-order valence-corrected chi connectivity index (χ1v) is 7.45. The minimum Gasteiger partial charge on any atom is -0.326 e. The number of aromatic nitrogens is 1. The molecule has 22 heavy (non-hydrogen) atoms. The number of rotatable bonds is 5. The summed E-state index contributed by atoms with van der Waals surface area (Å²) in [6.07, 6.45) is 0.0976. The fourth-order valence-electron chi connectivity index (χ4n) is 1.78. The zero-order valence-electron chi connectivity index (χ0n) is 12.2. The summed E-state index contributed by atoms with van der Waals surface area (Å²) in [5, 5.41) is 7.47. The molecule has 1 aromatic carbocycles. The van der Waals surface area contributed by atoms with Gasteiger partial charge in [-0.05, 0) is 19.1 Å². The van der Waals surface area contributed by atoms with Gasteiger partial charge in [0, 0.05) is 23.6 Å². The van der Waals surface area contributed by atoms with E-state index in [1.807, 2.05) is 0 Å². The molecule has 2 rings (SSSR count). The Bertz CT molecular complexity index is 724. The number of carbonyl (C=O) groups excluding carboxylic acids is 3. The van der Waals surface area contributed by atoms with Crippen molar-refractivity contribution in [3.63, 3.8) is 0 Å². The minimum atomic E-state index is -0.236. The standard InChI is InChI=1S/C15H15N3O3S/c1-9(19)11-4-3-5-12(6-11)17-14(21)7-13-8-22-15(18-13)16-10(2)20/h3-6,8H,7H2,1-2H3,(H,17,21)(H,16,18,20). The maximum Gasteiger partial charge on any atom is 0.230 e. The fraction of sp³-hybridized carbons (Fsp3) is 0.200. The van der Waals surface area contributed by atoms with Gasteiger partial charge in [0.05, 0.1) is 12.1 Å². The average molecular weight is 317 g/mol. The minimum absolute atomic E-state index is 0.0597. The van der Waals surface area contributed by atoms with Gasteiger partial charge in [-0.25, -0.2) is 4.98 Å². The number of nitrogens with zero attached hydrogens (tertiary/aromatic N) is 1. The van der Waals surface area contributed by atoms with Gasteiger partial charge in [0.15, 0.2) is 10.9 Å². The molecular weight excluding hydrogens is 302 g/mol. The molecule has 0 saturated carbocycles. The Morgan fingerprint density at radius 2 is 1.95 bits per heavy atom. The fourth-order valence-corrected chi connectivity index (χ4v) is 2.54. The number of hydrogen-bond donors (Lipinski definition) is 2. The Kier molecular flexibility index (Phi) is 5.00. The maximum absolute atomic E-state index is 12.0. The molecule has 2 amide bonds. The molecule has 2 N–H and O–H groups in total. The van der Waals surface area contributed by atoms with Crippen LogP contribution in [0.25, 0.3) is 0 Å². The normalized spacial score (nSPS) is 10.1. The molecule has 0 spiro atoms. The van der Waals surface area contributed by atoms with Gasteiger partial charge in [-0.2, -0.15) is 0 Å². The van der Waals surface area contributed by atoms with E-state index in [0.717, 1.165) is 0 Å². The first-order valence-electron chi connectivity index (χ1n) is 6.57. The molecule has 0 aliphatic rings. The molecule has 1 heterocycles. The first kappa shape index (κ1) is 15.8. The lowest BCUT2D eigenvalue weighted by molar-refractivity contribution is -0.116. The van der Waals surface area contributed by atoms with Crippen molar-refractivity contribution in [3.05, 3.63) is 40.9 Å². The topological polar surface area (TPSA) is 88.2 Å². The smallest absolute Gasteiger partial charge is 0.230 e. The number of carbonyl (C=O) groups is 3. The third-order valence-corrected chi connectivity index (χ3v) is 3.54. The van der Waals surface area contributed by atoms with E-state index in [1.165, 1.54) is 25.2 Å². The van der Waals surface area contributed by atoms with Crippen molar-refractivity contribution in [2.75, 3.05) is 10.6 Å². The summed E-state index contributed by atoms with van der Waals surface area (Å²) in [6, 6.07) is 6.75. The van der Waals surface area contributed by atoms with Crippen LogP contribution in [-0.2, 0) is 16.0 Å². The third-order valence-electron chi connectivity index (χ3n) is 2.73. The Labute approximate surface area is 131 Å². The van der Waals surface area contributed by atoms with Gasteiger partial charge in [-0.15, -0.1) is 11.3 Å². The average Bonchev–Trinajstić information content (AvgIpc) is 2.85. The summed E-state index contributed by atoms with van der Waals surface area (Å²) in [6.45, 7) is 2.87. The van der Waals surface area contributed by atoms with Crippen molar-refractivity contribution in [3.8, 4) is 0 Å². The SMILES string of the molecule is CC(=O)Nc1nc(CC(=O)Nc2cccc(C(C)=O)c2)cs1. The predicted octanol–water partition coefficient (Wildman–Crippen LogP) is 2.49. The van der Waals surface area contributed by atoms with Crippen LogP contribution in [0.1, 0.15) is 29.9 Å². The lowest BCUT2D eigenvalue weighted by Crippen LogP contribution is -2.15. The summed E-state index contributed by atoms with van der Waals surface area (Å²) in [4.78, 5) is 38.4. The molecule has 0 bridgehead atoms. The van der Waals surface area contributed by atoms with E-state index in [1.54, 1.807) is 29.6 Å². The zero-order chi connectivity index (χ0) is 16.1. The van der Waals surface area contributed by atoms with Gasteiger partial charge in [-0.1, -0.05) is 12.1 Å². The molecule has 2 aromatic rings. The van der Waals surface area contributed by atoms with Crippen LogP contribution in [0.3, 0.4) is 0 Å². The lowest BCUT2D eigenvalue weighted by Gasteiger charge is -2.05. The van der Waals surface area contributed by atoms with Gasteiger partial charge in [-0.3, -0.25) is 14.4 Å². The van der Waals surface area contributed by atoms with Gasteiger partial charge in [0.2, 0.25) is 11.8 Å². The van der Waals surface area contributed by atoms with E-state index in [4.69, 9.17) is 0 Å². The lowest BCUT2D eigenvalue weighted by atomic mass is 10.1. The molecule has 1 aromatic heterocycles. The Morgan fingerprint density at radius 1 is 1.18 bits per heavy atom. The summed E-state index contributed by atoms with van der Waals surface area (Å²) in [5.41, 5.74) is 1.68. The summed E-state index contributed by atoms with van der Waals surface area (Å²) >= 11 is 1.26. The molecule has 0 aliphatic heterocycles. The van der Waals surface area contributed by atoms with Crippen LogP contribution < -0.4 is 10.6 Å².